The summed E-state index contributed by atoms with van der Waals surface area (Å²) in [6.07, 6.45) is 2.57. The van der Waals surface area contributed by atoms with Crippen LogP contribution in [0.4, 0.5) is 5.69 Å². The van der Waals surface area contributed by atoms with Crippen molar-refractivity contribution < 1.29 is 9.53 Å². The van der Waals surface area contributed by atoms with Gasteiger partial charge >= 0.3 is 0 Å². The molecule has 0 saturated heterocycles. The maximum Gasteiger partial charge on any atom is 0.176 e. The van der Waals surface area contributed by atoms with Gasteiger partial charge in [-0.05, 0) is 38.0 Å². The van der Waals surface area contributed by atoms with E-state index >= 15 is 0 Å². The molecule has 0 amide bonds. The van der Waals surface area contributed by atoms with E-state index in [1.165, 1.54) is 12.8 Å². The fourth-order valence-corrected chi connectivity index (χ4v) is 2.08. The van der Waals surface area contributed by atoms with E-state index in [-0.39, 0.29) is 11.9 Å². The summed E-state index contributed by atoms with van der Waals surface area (Å²) >= 11 is 0. The standard InChI is InChI=1S/C14H18N2O2/c1-9-7-16-12-6-10(2-5-14(12)18-9)13(17)8-15-11-3-4-11/h2,5-6,9,11,15-16H,3-4,7-8H2,1H3. The van der Waals surface area contributed by atoms with Gasteiger partial charge in [-0.3, -0.25) is 4.79 Å². The van der Waals surface area contributed by atoms with Crippen molar-refractivity contribution in [3.63, 3.8) is 0 Å². The fraction of sp³-hybridized carbons (Fsp3) is 0.500. The van der Waals surface area contributed by atoms with Crippen molar-refractivity contribution in [2.75, 3.05) is 18.4 Å². The van der Waals surface area contributed by atoms with E-state index in [0.29, 0.717) is 12.6 Å². The Bertz CT molecular complexity index is 469. The maximum absolute atomic E-state index is 12.0. The van der Waals surface area contributed by atoms with Crippen LogP contribution < -0.4 is 15.4 Å². The number of ketones is 1. The van der Waals surface area contributed by atoms with Crippen LogP contribution in [-0.4, -0.2) is 31.0 Å². The molecule has 2 N–H and O–H groups in total. The number of hydrogen-bond donors (Lipinski definition) is 2. The number of nitrogens with one attached hydrogen (secondary N) is 2. The Labute approximate surface area is 107 Å². The molecule has 18 heavy (non-hydrogen) atoms. The normalized spacial score (nSPS) is 21.7. The lowest BCUT2D eigenvalue weighted by Crippen LogP contribution is -2.28. The Balaban J connectivity index is 1.70. The molecule has 96 valence electrons. The molecule has 2 aliphatic rings. The van der Waals surface area contributed by atoms with E-state index in [2.05, 4.69) is 10.6 Å². The molecule has 1 aliphatic heterocycles. The molecule has 1 fully saturated rings. The van der Waals surface area contributed by atoms with Crippen LogP contribution in [-0.2, 0) is 0 Å². The van der Waals surface area contributed by atoms with Gasteiger partial charge in [0.05, 0.1) is 18.8 Å². The number of hydrogen-bond acceptors (Lipinski definition) is 4. The molecule has 1 saturated carbocycles. The summed E-state index contributed by atoms with van der Waals surface area (Å²) in [4.78, 5) is 12.0. The number of benzene rings is 1. The van der Waals surface area contributed by atoms with Crippen molar-refractivity contribution in [1.82, 2.24) is 5.32 Å². The lowest BCUT2D eigenvalue weighted by molar-refractivity contribution is 0.0990. The van der Waals surface area contributed by atoms with Gasteiger partial charge in [-0.1, -0.05) is 0 Å². The first kappa shape index (κ1) is 11.5. The Morgan fingerprint density at radius 3 is 3.11 bits per heavy atom. The highest BCUT2D eigenvalue weighted by Crippen LogP contribution is 2.30. The van der Waals surface area contributed by atoms with Gasteiger partial charge in [-0.15, -0.1) is 0 Å². The van der Waals surface area contributed by atoms with Crippen LogP contribution in [0.2, 0.25) is 0 Å². The molecule has 0 spiro atoms. The quantitative estimate of drug-likeness (QED) is 0.796. The number of anilines is 1. The maximum atomic E-state index is 12.0. The number of Topliss-reactive ketones (excluding diaryl/α,β-unsaturated/α-hetero) is 1. The largest absolute Gasteiger partial charge is 0.487 e. The third-order valence-corrected chi connectivity index (χ3v) is 3.34. The van der Waals surface area contributed by atoms with E-state index in [4.69, 9.17) is 4.74 Å². The second-order valence-corrected chi connectivity index (χ2v) is 5.10. The number of carbonyl (C=O) groups is 1. The summed E-state index contributed by atoms with van der Waals surface area (Å²) in [5.41, 5.74) is 1.66. The van der Waals surface area contributed by atoms with Gasteiger partial charge in [-0.25, -0.2) is 0 Å². The Morgan fingerprint density at radius 1 is 1.50 bits per heavy atom. The first-order valence-electron chi connectivity index (χ1n) is 6.53. The zero-order valence-electron chi connectivity index (χ0n) is 10.5. The molecule has 1 heterocycles. The summed E-state index contributed by atoms with van der Waals surface area (Å²) in [6, 6.07) is 6.17. The van der Waals surface area contributed by atoms with Crippen molar-refractivity contribution in [3.05, 3.63) is 23.8 Å². The van der Waals surface area contributed by atoms with E-state index in [1.54, 1.807) is 0 Å². The van der Waals surface area contributed by atoms with Crippen LogP contribution >= 0.6 is 0 Å². The predicted octanol–water partition coefficient (Wildman–Crippen LogP) is 1.81. The molecule has 0 aromatic heterocycles. The average molecular weight is 246 g/mol. The second-order valence-electron chi connectivity index (χ2n) is 5.10. The monoisotopic (exact) mass is 246 g/mol. The van der Waals surface area contributed by atoms with Crippen LogP contribution in [0.1, 0.15) is 30.1 Å². The van der Waals surface area contributed by atoms with Gasteiger partial charge in [0.1, 0.15) is 11.9 Å². The van der Waals surface area contributed by atoms with Gasteiger partial charge in [0.2, 0.25) is 0 Å². The molecule has 1 atom stereocenters. The van der Waals surface area contributed by atoms with E-state index in [0.717, 1.165) is 23.5 Å². The summed E-state index contributed by atoms with van der Waals surface area (Å²) in [5.74, 6) is 0.977. The SMILES string of the molecule is CC1CNc2cc(C(=O)CNC3CC3)ccc2O1. The minimum atomic E-state index is 0.144. The molecule has 3 rings (SSSR count). The zero-order valence-corrected chi connectivity index (χ0v) is 10.5. The van der Waals surface area contributed by atoms with E-state index < -0.39 is 0 Å². The minimum Gasteiger partial charge on any atom is -0.487 e. The molecule has 1 aromatic carbocycles. The van der Waals surface area contributed by atoms with Gasteiger partial charge in [0.15, 0.2) is 5.78 Å². The Morgan fingerprint density at radius 2 is 2.33 bits per heavy atom. The highest BCUT2D eigenvalue weighted by Gasteiger charge is 2.22. The van der Waals surface area contributed by atoms with Crippen LogP contribution in [0.15, 0.2) is 18.2 Å². The zero-order chi connectivity index (χ0) is 12.5. The molecule has 1 unspecified atom stereocenters. The number of rotatable bonds is 4. The van der Waals surface area contributed by atoms with Gasteiger partial charge in [0, 0.05) is 11.6 Å². The van der Waals surface area contributed by atoms with Gasteiger partial charge in [0.25, 0.3) is 0 Å². The van der Waals surface area contributed by atoms with Crippen LogP contribution in [0, 0.1) is 0 Å². The van der Waals surface area contributed by atoms with Crippen molar-refractivity contribution in [2.45, 2.75) is 31.9 Å². The highest BCUT2D eigenvalue weighted by molar-refractivity contribution is 5.98. The first-order chi connectivity index (χ1) is 8.72. The first-order valence-corrected chi connectivity index (χ1v) is 6.53. The molecule has 1 aromatic rings. The molecular weight excluding hydrogens is 228 g/mol. The molecule has 1 aliphatic carbocycles. The van der Waals surface area contributed by atoms with Crippen LogP contribution in [0.3, 0.4) is 0 Å². The molecule has 0 bridgehead atoms. The van der Waals surface area contributed by atoms with Crippen LogP contribution in [0.25, 0.3) is 0 Å². The van der Waals surface area contributed by atoms with Crippen LogP contribution in [0.5, 0.6) is 5.75 Å². The molecule has 4 nitrogen and oxygen atoms in total. The van der Waals surface area contributed by atoms with Gasteiger partial charge in [-0.2, -0.15) is 0 Å². The number of carbonyl (C=O) groups excluding carboxylic acids is 1. The lowest BCUT2D eigenvalue weighted by Gasteiger charge is -2.25. The summed E-state index contributed by atoms with van der Waals surface area (Å²) in [5, 5.41) is 6.53. The van der Waals surface area contributed by atoms with Crippen molar-refractivity contribution >= 4 is 11.5 Å². The molecule has 4 heteroatoms. The third-order valence-electron chi connectivity index (χ3n) is 3.34. The van der Waals surface area contributed by atoms with Gasteiger partial charge < -0.3 is 15.4 Å². The summed E-state index contributed by atoms with van der Waals surface area (Å²) in [6.45, 7) is 3.24. The average Bonchev–Trinajstić information content (AvgIpc) is 3.19. The topological polar surface area (TPSA) is 50.4 Å². The van der Waals surface area contributed by atoms with E-state index in [1.807, 2.05) is 25.1 Å². The highest BCUT2D eigenvalue weighted by atomic mass is 16.5. The minimum absolute atomic E-state index is 0.144. The second kappa shape index (κ2) is 4.61. The fourth-order valence-electron chi connectivity index (χ4n) is 2.08. The van der Waals surface area contributed by atoms with Crippen molar-refractivity contribution in [3.8, 4) is 5.75 Å². The smallest absolute Gasteiger partial charge is 0.176 e. The van der Waals surface area contributed by atoms with E-state index in [9.17, 15) is 4.79 Å². The summed E-state index contributed by atoms with van der Waals surface area (Å²) < 4.78 is 5.69. The van der Waals surface area contributed by atoms with Crippen molar-refractivity contribution in [1.29, 1.82) is 0 Å². The number of fused-ring (bicyclic) bond motifs is 1. The van der Waals surface area contributed by atoms with Crippen molar-refractivity contribution in [2.24, 2.45) is 0 Å². The molecular formula is C14H18N2O2. The lowest BCUT2D eigenvalue weighted by atomic mass is 10.1. The summed E-state index contributed by atoms with van der Waals surface area (Å²) in [7, 11) is 0. The Hall–Kier alpha value is -1.55. The number of ether oxygens (including phenoxy) is 1. The molecule has 0 radical (unpaired) electrons. The predicted molar refractivity (Wildman–Crippen MR) is 70.4 cm³/mol. The third kappa shape index (κ3) is 2.48. The Kier molecular flexibility index (Phi) is 2.96.